The van der Waals surface area contributed by atoms with Crippen LogP contribution in [0, 0.1) is 6.92 Å². The molecule has 150 valence electrons. The number of rotatable bonds is 4. The molecule has 3 aromatic carbocycles. The fourth-order valence-corrected chi connectivity index (χ4v) is 3.33. The van der Waals surface area contributed by atoms with Gasteiger partial charge in [0.25, 0.3) is 5.91 Å². The summed E-state index contributed by atoms with van der Waals surface area (Å²) in [6.45, 7) is 1.99. The molecule has 0 fully saturated rings. The molecule has 3 aromatic rings. The maximum atomic E-state index is 12.9. The molecular formula is C21H18Cl3N3OS. The Morgan fingerprint density at radius 1 is 0.931 bits per heavy atom. The van der Waals surface area contributed by atoms with E-state index in [1.807, 2.05) is 61.5 Å². The second-order valence-electron chi connectivity index (χ2n) is 6.44. The minimum Gasteiger partial charge on any atom is -0.339 e. The van der Waals surface area contributed by atoms with Gasteiger partial charge in [-0.25, -0.2) is 0 Å². The molecule has 3 rings (SSSR count). The summed E-state index contributed by atoms with van der Waals surface area (Å²) in [5.74, 6) is -0.385. The number of carbonyl (C=O) groups excluding carboxylic acids is 1. The van der Waals surface area contributed by atoms with Crippen molar-refractivity contribution in [1.29, 1.82) is 0 Å². The Balaban J connectivity index is 1.76. The van der Waals surface area contributed by atoms with Crippen molar-refractivity contribution in [2.75, 3.05) is 5.32 Å². The van der Waals surface area contributed by atoms with Crippen LogP contribution in [0.25, 0.3) is 10.8 Å². The lowest BCUT2D eigenvalue weighted by molar-refractivity contribution is 0.0936. The molecule has 4 nitrogen and oxygen atoms in total. The Hall–Kier alpha value is -2.05. The number of thiocarbonyl (C=S) groups is 1. The van der Waals surface area contributed by atoms with Crippen LogP contribution in [0.15, 0.2) is 66.7 Å². The maximum Gasteiger partial charge on any atom is 0.253 e. The van der Waals surface area contributed by atoms with Crippen molar-refractivity contribution in [3.05, 3.63) is 77.9 Å². The highest BCUT2D eigenvalue weighted by Gasteiger charge is 2.35. The molecule has 0 aliphatic carbocycles. The Morgan fingerprint density at radius 2 is 1.59 bits per heavy atom. The number of aryl methyl sites for hydroxylation is 1. The number of alkyl halides is 3. The summed E-state index contributed by atoms with van der Waals surface area (Å²) < 4.78 is -1.83. The highest BCUT2D eigenvalue weighted by Crippen LogP contribution is 2.30. The van der Waals surface area contributed by atoms with Gasteiger partial charge in [-0.05, 0) is 48.1 Å². The standard InChI is InChI=1S/C21H18Cl3N3OS/c1-13-9-11-15(12-10-13)25-20(29)27-19(21(22,23)24)26-18(28)17-8-4-6-14-5-2-3-7-16(14)17/h2-12,19H,1H3,(H,26,28)(H2,25,27,29)/t19-/m1/s1. The lowest BCUT2D eigenvalue weighted by Crippen LogP contribution is -2.56. The van der Waals surface area contributed by atoms with Gasteiger partial charge in [0.05, 0.1) is 0 Å². The number of anilines is 1. The average molecular weight is 467 g/mol. The van der Waals surface area contributed by atoms with Crippen LogP contribution in [0.4, 0.5) is 5.69 Å². The first-order chi connectivity index (χ1) is 13.7. The Kier molecular flexibility index (Phi) is 6.85. The van der Waals surface area contributed by atoms with Crippen LogP contribution >= 0.6 is 47.0 Å². The van der Waals surface area contributed by atoms with E-state index in [-0.39, 0.29) is 11.0 Å². The molecule has 1 amide bonds. The van der Waals surface area contributed by atoms with E-state index in [4.69, 9.17) is 47.0 Å². The fourth-order valence-electron chi connectivity index (χ4n) is 2.77. The van der Waals surface area contributed by atoms with Gasteiger partial charge >= 0.3 is 0 Å². The lowest BCUT2D eigenvalue weighted by atomic mass is 10.0. The molecular weight excluding hydrogens is 449 g/mol. The molecule has 0 saturated heterocycles. The Labute approximate surface area is 189 Å². The quantitative estimate of drug-likeness (QED) is 0.268. The SMILES string of the molecule is Cc1ccc(NC(=S)N[C@@H](NC(=O)c2cccc3ccccc23)C(Cl)(Cl)Cl)cc1. The van der Waals surface area contributed by atoms with Crippen molar-refractivity contribution in [2.45, 2.75) is 16.9 Å². The van der Waals surface area contributed by atoms with Crippen LogP contribution in [0.5, 0.6) is 0 Å². The molecule has 0 aromatic heterocycles. The van der Waals surface area contributed by atoms with Gasteiger partial charge in [-0.3, -0.25) is 4.79 Å². The van der Waals surface area contributed by atoms with Crippen molar-refractivity contribution in [1.82, 2.24) is 10.6 Å². The van der Waals surface area contributed by atoms with Gasteiger partial charge in [-0.2, -0.15) is 0 Å². The zero-order chi connectivity index (χ0) is 21.0. The van der Waals surface area contributed by atoms with Crippen molar-refractivity contribution in [3.63, 3.8) is 0 Å². The molecule has 0 unspecified atom stereocenters. The van der Waals surface area contributed by atoms with Gasteiger partial charge in [-0.1, -0.05) is 88.9 Å². The summed E-state index contributed by atoms with van der Waals surface area (Å²) in [6.07, 6.45) is -1.05. The maximum absolute atomic E-state index is 12.9. The molecule has 29 heavy (non-hydrogen) atoms. The lowest BCUT2D eigenvalue weighted by Gasteiger charge is -2.28. The van der Waals surface area contributed by atoms with Gasteiger partial charge in [0.2, 0.25) is 3.79 Å². The third kappa shape index (κ3) is 5.73. The van der Waals surface area contributed by atoms with E-state index < -0.39 is 9.96 Å². The van der Waals surface area contributed by atoms with E-state index in [9.17, 15) is 4.79 Å². The van der Waals surface area contributed by atoms with E-state index in [0.717, 1.165) is 22.0 Å². The first kappa shape index (κ1) is 21.7. The van der Waals surface area contributed by atoms with Crippen molar-refractivity contribution >= 4 is 74.5 Å². The first-order valence-electron chi connectivity index (χ1n) is 8.73. The smallest absolute Gasteiger partial charge is 0.253 e. The number of nitrogens with one attached hydrogen (secondary N) is 3. The molecule has 0 saturated carbocycles. The molecule has 3 N–H and O–H groups in total. The fraction of sp³-hybridized carbons (Fsp3) is 0.143. The van der Waals surface area contributed by atoms with E-state index >= 15 is 0 Å². The molecule has 0 heterocycles. The topological polar surface area (TPSA) is 53.2 Å². The summed E-state index contributed by atoms with van der Waals surface area (Å²) in [6, 6.07) is 20.7. The first-order valence-corrected chi connectivity index (χ1v) is 10.3. The van der Waals surface area contributed by atoms with Crippen molar-refractivity contribution < 1.29 is 4.79 Å². The highest BCUT2D eigenvalue weighted by molar-refractivity contribution is 7.80. The molecule has 0 aliphatic heterocycles. The predicted molar refractivity (Wildman–Crippen MR) is 126 cm³/mol. The van der Waals surface area contributed by atoms with E-state index in [1.165, 1.54) is 0 Å². The third-order valence-corrected chi connectivity index (χ3v) is 5.10. The zero-order valence-corrected chi connectivity index (χ0v) is 18.5. The van der Waals surface area contributed by atoms with Crippen LogP contribution in [0.2, 0.25) is 0 Å². The monoisotopic (exact) mass is 465 g/mol. The second kappa shape index (κ2) is 9.18. The number of halogens is 3. The normalized spacial score (nSPS) is 12.3. The summed E-state index contributed by atoms with van der Waals surface area (Å²) >= 11 is 23.6. The third-order valence-electron chi connectivity index (χ3n) is 4.22. The van der Waals surface area contributed by atoms with E-state index in [1.54, 1.807) is 12.1 Å². The van der Waals surface area contributed by atoms with Crippen LogP contribution in [-0.4, -0.2) is 21.0 Å². The Morgan fingerprint density at radius 3 is 2.28 bits per heavy atom. The largest absolute Gasteiger partial charge is 0.339 e. The summed E-state index contributed by atoms with van der Waals surface area (Å²) in [5, 5.41) is 10.5. The minimum atomic E-state index is -1.83. The van der Waals surface area contributed by atoms with E-state index in [2.05, 4.69) is 16.0 Å². The van der Waals surface area contributed by atoms with Gasteiger partial charge in [0.1, 0.15) is 6.17 Å². The van der Waals surface area contributed by atoms with Crippen molar-refractivity contribution in [2.24, 2.45) is 0 Å². The van der Waals surface area contributed by atoms with Gasteiger partial charge in [-0.15, -0.1) is 0 Å². The van der Waals surface area contributed by atoms with E-state index in [0.29, 0.717) is 5.56 Å². The zero-order valence-electron chi connectivity index (χ0n) is 15.4. The van der Waals surface area contributed by atoms with Gasteiger partial charge in [0.15, 0.2) is 5.11 Å². The summed E-state index contributed by atoms with van der Waals surface area (Å²) in [5.41, 5.74) is 2.37. The van der Waals surface area contributed by atoms with Crippen LogP contribution < -0.4 is 16.0 Å². The number of benzene rings is 3. The van der Waals surface area contributed by atoms with Gasteiger partial charge < -0.3 is 16.0 Å². The van der Waals surface area contributed by atoms with Crippen LogP contribution in [-0.2, 0) is 0 Å². The summed E-state index contributed by atoms with van der Waals surface area (Å²) in [4.78, 5) is 12.9. The molecule has 0 aliphatic rings. The second-order valence-corrected chi connectivity index (χ2v) is 9.22. The number of carbonyl (C=O) groups is 1. The highest BCUT2D eigenvalue weighted by atomic mass is 35.6. The minimum absolute atomic E-state index is 0.211. The molecule has 8 heteroatoms. The molecule has 0 bridgehead atoms. The molecule has 1 atom stereocenters. The van der Waals surface area contributed by atoms with Crippen LogP contribution in [0.1, 0.15) is 15.9 Å². The molecule has 0 spiro atoms. The number of fused-ring (bicyclic) bond motifs is 1. The van der Waals surface area contributed by atoms with Crippen LogP contribution in [0.3, 0.4) is 0 Å². The summed E-state index contributed by atoms with van der Waals surface area (Å²) in [7, 11) is 0. The Bertz CT molecular complexity index is 1030. The number of hydrogen-bond acceptors (Lipinski definition) is 2. The van der Waals surface area contributed by atoms with Gasteiger partial charge in [0, 0.05) is 11.3 Å². The number of amides is 1. The molecule has 0 radical (unpaired) electrons. The van der Waals surface area contributed by atoms with Crippen molar-refractivity contribution in [3.8, 4) is 0 Å². The predicted octanol–water partition coefficient (Wildman–Crippen LogP) is 5.56. The average Bonchev–Trinajstić information content (AvgIpc) is 2.68. The number of hydrogen-bond donors (Lipinski definition) is 3.